The summed E-state index contributed by atoms with van der Waals surface area (Å²) in [6.07, 6.45) is 2.05. The molecule has 0 saturated heterocycles. The predicted molar refractivity (Wildman–Crippen MR) is 34.8 cm³/mol. The fourth-order valence-electron chi connectivity index (χ4n) is 0.618. The lowest BCUT2D eigenvalue weighted by molar-refractivity contribution is 0.640. The van der Waals surface area contributed by atoms with Gasteiger partial charge < -0.3 is 5.32 Å². The molecule has 0 amide bonds. The molecule has 0 radical (unpaired) electrons. The number of allylic oxidation sites excluding steroid dienone is 1. The lowest BCUT2D eigenvalue weighted by Crippen LogP contribution is -2.34. The fourth-order valence-corrected chi connectivity index (χ4v) is 0.821. The van der Waals surface area contributed by atoms with E-state index in [0.717, 1.165) is 18.9 Å². The van der Waals surface area contributed by atoms with Gasteiger partial charge in [0.2, 0.25) is 0 Å². The third-order valence-corrected chi connectivity index (χ3v) is 1.37. The summed E-state index contributed by atoms with van der Waals surface area (Å²) in [5.41, 5.74) is 1.13. The first-order valence-electron chi connectivity index (χ1n) is 2.63. The summed E-state index contributed by atoms with van der Waals surface area (Å²) in [5.74, 6) is 0.599. The lowest BCUT2D eigenvalue weighted by Gasteiger charge is -2.13. The van der Waals surface area contributed by atoms with Gasteiger partial charge in [-0.15, -0.1) is 11.6 Å². The minimum atomic E-state index is 0.599. The molecule has 0 unspecified atom stereocenters. The Morgan fingerprint density at radius 3 is 3.00 bits per heavy atom. The molecule has 0 bridgehead atoms. The topological polar surface area (TPSA) is 24.1 Å². The molecule has 0 aliphatic carbocycles. The highest BCUT2D eigenvalue weighted by atomic mass is 35.5. The summed E-state index contributed by atoms with van der Waals surface area (Å²) in [4.78, 5) is 0. The summed E-state index contributed by atoms with van der Waals surface area (Å²) < 4.78 is 0. The van der Waals surface area contributed by atoms with E-state index in [1.807, 2.05) is 0 Å². The summed E-state index contributed by atoms with van der Waals surface area (Å²) in [6, 6.07) is 0. The van der Waals surface area contributed by atoms with Crippen LogP contribution in [-0.4, -0.2) is 19.1 Å². The molecule has 46 valence electrons. The van der Waals surface area contributed by atoms with Crippen molar-refractivity contribution in [1.29, 1.82) is 0 Å². The second-order valence-corrected chi connectivity index (χ2v) is 1.94. The number of hydrogen-bond donors (Lipinski definition) is 2. The molecular weight excluding hydrogens is 124 g/mol. The van der Waals surface area contributed by atoms with Crippen LogP contribution in [0.25, 0.3) is 0 Å². The van der Waals surface area contributed by atoms with Crippen LogP contribution in [0.3, 0.4) is 0 Å². The van der Waals surface area contributed by atoms with E-state index in [1.165, 1.54) is 0 Å². The van der Waals surface area contributed by atoms with Gasteiger partial charge in [-0.1, -0.05) is 6.08 Å². The summed E-state index contributed by atoms with van der Waals surface area (Å²) in [6.45, 7) is 1.79. The number of alkyl halides is 1. The van der Waals surface area contributed by atoms with Crippen molar-refractivity contribution < 1.29 is 0 Å². The molecular formula is C5H9ClN2. The van der Waals surface area contributed by atoms with Gasteiger partial charge in [-0.2, -0.15) is 0 Å². The molecule has 1 aliphatic heterocycles. The van der Waals surface area contributed by atoms with Crippen LogP contribution in [0.5, 0.6) is 0 Å². The van der Waals surface area contributed by atoms with Crippen molar-refractivity contribution in [3.05, 3.63) is 11.8 Å². The Labute approximate surface area is 53.9 Å². The van der Waals surface area contributed by atoms with E-state index >= 15 is 0 Å². The normalized spacial score (nSPS) is 19.4. The van der Waals surface area contributed by atoms with Crippen molar-refractivity contribution in [2.24, 2.45) is 0 Å². The quantitative estimate of drug-likeness (QED) is 0.501. The van der Waals surface area contributed by atoms with Crippen molar-refractivity contribution in [2.75, 3.05) is 19.1 Å². The Bertz CT molecular complexity index is 101. The number of hydrogen-bond acceptors (Lipinski definition) is 2. The van der Waals surface area contributed by atoms with E-state index in [2.05, 4.69) is 16.7 Å². The zero-order chi connectivity index (χ0) is 5.82. The van der Waals surface area contributed by atoms with Crippen LogP contribution in [0, 0.1) is 0 Å². The van der Waals surface area contributed by atoms with Crippen molar-refractivity contribution in [3.63, 3.8) is 0 Å². The van der Waals surface area contributed by atoms with Gasteiger partial charge in [-0.05, 0) is 0 Å². The van der Waals surface area contributed by atoms with Gasteiger partial charge in [0, 0.05) is 12.2 Å². The van der Waals surface area contributed by atoms with E-state index in [9.17, 15) is 0 Å². The van der Waals surface area contributed by atoms with E-state index in [4.69, 9.17) is 11.6 Å². The maximum Gasteiger partial charge on any atom is 0.0653 e. The number of nitrogens with one attached hydrogen (secondary N) is 2. The first-order chi connectivity index (χ1) is 3.93. The Kier molecular flexibility index (Phi) is 2.18. The third-order valence-electron chi connectivity index (χ3n) is 1.08. The maximum atomic E-state index is 5.52. The molecule has 1 rings (SSSR count). The molecule has 0 aromatic rings. The van der Waals surface area contributed by atoms with Gasteiger partial charge >= 0.3 is 0 Å². The average Bonchev–Trinajstić information content (AvgIpc) is 1.90. The van der Waals surface area contributed by atoms with Gasteiger partial charge in [0.1, 0.15) is 0 Å². The summed E-state index contributed by atoms with van der Waals surface area (Å²) in [5, 5.41) is 6.19. The molecule has 1 aliphatic rings. The standard InChI is InChI=1S/C5H9ClN2/c6-3-5-1-2-7-4-8-5/h1,7-8H,2-4H2. The van der Waals surface area contributed by atoms with E-state index in [-0.39, 0.29) is 0 Å². The zero-order valence-corrected chi connectivity index (χ0v) is 5.33. The van der Waals surface area contributed by atoms with Crippen molar-refractivity contribution in [3.8, 4) is 0 Å². The average molecular weight is 133 g/mol. The molecule has 0 saturated carbocycles. The number of halogens is 1. The molecule has 8 heavy (non-hydrogen) atoms. The summed E-state index contributed by atoms with van der Waals surface area (Å²) in [7, 11) is 0. The SMILES string of the molecule is ClCC1=CCNCN1. The maximum absolute atomic E-state index is 5.52. The van der Waals surface area contributed by atoms with E-state index < -0.39 is 0 Å². The first kappa shape index (κ1) is 5.92. The highest BCUT2D eigenvalue weighted by Crippen LogP contribution is 1.93. The molecule has 2 N–H and O–H groups in total. The monoisotopic (exact) mass is 132 g/mol. The third kappa shape index (κ3) is 1.39. The second-order valence-electron chi connectivity index (χ2n) is 1.67. The van der Waals surface area contributed by atoms with Gasteiger partial charge in [0.05, 0.1) is 12.5 Å². The van der Waals surface area contributed by atoms with Crippen LogP contribution in [-0.2, 0) is 0 Å². The second kappa shape index (κ2) is 2.95. The van der Waals surface area contributed by atoms with Gasteiger partial charge in [0.25, 0.3) is 0 Å². The number of rotatable bonds is 1. The van der Waals surface area contributed by atoms with Crippen LogP contribution in [0.2, 0.25) is 0 Å². The Morgan fingerprint density at radius 1 is 1.75 bits per heavy atom. The molecule has 0 atom stereocenters. The van der Waals surface area contributed by atoms with E-state index in [0.29, 0.717) is 5.88 Å². The van der Waals surface area contributed by atoms with Crippen molar-refractivity contribution in [2.45, 2.75) is 0 Å². The Balaban J connectivity index is 2.37. The van der Waals surface area contributed by atoms with Gasteiger partial charge in [-0.25, -0.2) is 0 Å². The van der Waals surface area contributed by atoms with Crippen molar-refractivity contribution >= 4 is 11.6 Å². The minimum absolute atomic E-state index is 0.599. The molecule has 1 heterocycles. The largest absolute Gasteiger partial charge is 0.375 e. The van der Waals surface area contributed by atoms with E-state index in [1.54, 1.807) is 0 Å². The van der Waals surface area contributed by atoms with Crippen LogP contribution in [0.4, 0.5) is 0 Å². The molecule has 3 heteroatoms. The van der Waals surface area contributed by atoms with Crippen LogP contribution in [0.1, 0.15) is 0 Å². The molecule has 0 fully saturated rings. The van der Waals surface area contributed by atoms with Crippen LogP contribution < -0.4 is 10.6 Å². The predicted octanol–water partition coefficient (Wildman–Crippen LogP) is 0.259. The highest BCUT2D eigenvalue weighted by molar-refractivity contribution is 6.19. The smallest absolute Gasteiger partial charge is 0.0653 e. The molecule has 0 aromatic carbocycles. The summed E-state index contributed by atoms with van der Waals surface area (Å²) >= 11 is 5.52. The lowest BCUT2D eigenvalue weighted by atomic mass is 10.4. The zero-order valence-electron chi connectivity index (χ0n) is 4.58. The van der Waals surface area contributed by atoms with Gasteiger partial charge in [-0.3, -0.25) is 5.32 Å². The highest BCUT2D eigenvalue weighted by Gasteiger charge is 1.96. The Hall–Kier alpha value is -0.210. The molecule has 0 spiro atoms. The molecule has 0 aromatic heterocycles. The minimum Gasteiger partial charge on any atom is -0.375 e. The van der Waals surface area contributed by atoms with Crippen LogP contribution in [0.15, 0.2) is 11.8 Å². The van der Waals surface area contributed by atoms with Crippen LogP contribution >= 0.6 is 11.6 Å². The fraction of sp³-hybridized carbons (Fsp3) is 0.600. The molecule has 2 nitrogen and oxygen atoms in total. The first-order valence-corrected chi connectivity index (χ1v) is 3.16. The Morgan fingerprint density at radius 2 is 2.62 bits per heavy atom. The van der Waals surface area contributed by atoms with Gasteiger partial charge in [0.15, 0.2) is 0 Å². The van der Waals surface area contributed by atoms with Crippen molar-refractivity contribution in [1.82, 2.24) is 10.6 Å².